The zero-order chi connectivity index (χ0) is 17.6. The van der Waals surface area contributed by atoms with Gasteiger partial charge in [-0.15, -0.1) is 0 Å². The van der Waals surface area contributed by atoms with Gasteiger partial charge in [-0.05, 0) is 12.8 Å². The molecule has 1 N–H and O–H groups in total. The normalized spacial score (nSPS) is 15.7. The summed E-state index contributed by atoms with van der Waals surface area (Å²) in [6.07, 6.45) is 2.18. The molecular formula is C21H14O4. The molecule has 0 saturated carbocycles. The fraction of sp³-hybridized carbons (Fsp3) is 0.0952. The van der Waals surface area contributed by atoms with Gasteiger partial charge in [-0.3, -0.25) is 14.4 Å². The van der Waals surface area contributed by atoms with Crippen LogP contribution in [0.5, 0.6) is 0 Å². The molecule has 4 rings (SSSR count). The molecule has 4 nitrogen and oxygen atoms in total. The summed E-state index contributed by atoms with van der Waals surface area (Å²) in [5.74, 6) is -0.759. The highest BCUT2D eigenvalue weighted by atomic mass is 16.3. The monoisotopic (exact) mass is 330 g/mol. The molecule has 4 heteroatoms. The molecule has 0 spiro atoms. The summed E-state index contributed by atoms with van der Waals surface area (Å²) in [6.45, 7) is 0. The van der Waals surface area contributed by atoms with Crippen LogP contribution in [0, 0.1) is 0 Å². The molecule has 25 heavy (non-hydrogen) atoms. The highest BCUT2D eigenvalue weighted by Gasteiger charge is 2.33. The van der Waals surface area contributed by atoms with Crippen LogP contribution in [0.4, 0.5) is 0 Å². The molecule has 0 saturated heterocycles. The third-order valence-electron chi connectivity index (χ3n) is 4.64. The SMILES string of the molecule is O=C1C(=CCCC2=C(O)c3ccccc3C2=O)C(=O)c2ccccc21. The number of hydrogen-bond acceptors (Lipinski definition) is 4. The second-order valence-corrected chi connectivity index (χ2v) is 6.06. The first-order valence-electron chi connectivity index (χ1n) is 8.04. The Morgan fingerprint density at radius 1 is 0.720 bits per heavy atom. The minimum Gasteiger partial charge on any atom is -0.507 e. The lowest BCUT2D eigenvalue weighted by atomic mass is 10.0. The van der Waals surface area contributed by atoms with Crippen molar-refractivity contribution >= 4 is 23.1 Å². The van der Waals surface area contributed by atoms with Gasteiger partial charge in [0.2, 0.25) is 0 Å². The Morgan fingerprint density at radius 3 is 1.72 bits per heavy atom. The first-order chi connectivity index (χ1) is 12.1. The summed E-state index contributed by atoms with van der Waals surface area (Å²) in [5.41, 5.74) is 2.34. The lowest BCUT2D eigenvalue weighted by Crippen LogP contribution is -2.02. The number of allylic oxidation sites excluding steroid dienone is 3. The summed E-state index contributed by atoms with van der Waals surface area (Å²) < 4.78 is 0. The van der Waals surface area contributed by atoms with Gasteiger partial charge in [0.1, 0.15) is 5.76 Å². The molecule has 0 radical (unpaired) electrons. The summed E-state index contributed by atoms with van der Waals surface area (Å²) >= 11 is 0. The van der Waals surface area contributed by atoms with Gasteiger partial charge in [-0.1, -0.05) is 54.6 Å². The van der Waals surface area contributed by atoms with E-state index in [1.54, 1.807) is 54.6 Å². The summed E-state index contributed by atoms with van der Waals surface area (Å²) in [7, 11) is 0. The van der Waals surface area contributed by atoms with Gasteiger partial charge in [-0.2, -0.15) is 0 Å². The van der Waals surface area contributed by atoms with Gasteiger partial charge in [-0.25, -0.2) is 0 Å². The average Bonchev–Trinajstić information content (AvgIpc) is 3.03. The number of carbonyl (C=O) groups excluding carboxylic acids is 3. The predicted molar refractivity (Wildman–Crippen MR) is 92.7 cm³/mol. The molecule has 0 atom stereocenters. The third-order valence-corrected chi connectivity index (χ3v) is 4.64. The van der Waals surface area contributed by atoms with Crippen LogP contribution in [0.25, 0.3) is 5.76 Å². The van der Waals surface area contributed by atoms with Crippen LogP contribution in [-0.4, -0.2) is 22.5 Å². The number of Topliss-reactive ketones (excluding diaryl/α,β-unsaturated/α-hetero) is 3. The number of aliphatic hydroxyl groups is 1. The summed E-state index contributed by atoms with van der Waals surface area (Å²) in [5, 5.41) is 10.3. The third kappa shape index (κ3) is 2.26. The molecular weight excluding hydrogens is 316 g/mol. The van der Waals surface area contributed by atoms with Gasteiger partial charge in [0.05, 0.1) is 5.57 Å². The van der Waals surface area contributed by atoms with Gasteiger partial charge in [0.15, 0.2) is 17.3 Å². The molecule has 0 heterocycles. The summed E-state index contributed by atoms with van der Waals surface area (Å²) in [6, 6.07) is 13.6. The fourth-order valence-electron chi connectivity index (χ4n) is 3.37. The molecule has 0 bridgehead atoms. The van der Waals surface area contributed by atoms with Crippen molar-refractivity contribution < 1.29 is 19.5 Å². The zero-order valence-electron chi connectivity index (χ0n) is 13.3. The van der Waals surface area contributed by atoms with Gasteiger partial charge in [0.25, 0.3) is 0 Å². The molecule has 0 unspecified atom stereocenters. The van der Waals surface area contributed by atoms with E-state index in [-0.39, 0.29) is 35.1 Å². The Bertz CT molecular complexity index is 971. The molecule has 122 valence electrons. The highest BCUT2D eigenvalue weighted by molar-refractivity contribution is 6.39. The van der Waals surface area contributed by atoms with Crippen molar-refractivity contribution in [3.63, 3.8) is 0 Å². The van der Waals surface area contributed by atoms with E-state index in [0.29, 0.717) is 34.2 Å². The first kappa shape index (κ1) is 15.3. The second kappa shape index (κ2) is 5.67. The quantitative estimate of drug-likeness (QED) is 0.683. The van der Waals surface area contributed by atoms with Crippen LogP contribution in [0.3, 0.4) is 0 Å². The highest BCUT2D eigenvalue weighted by Crippen LogP contribution is 2.33. The number of rotatable bonds is 3. The minimum atomic E-state index is -0.278. The van der Waals surface area contributed by atoms with Crippen molar-refractivity contribution in [2.24, 2.45) is 0 Å². The van der Waals surface area contributed by atoms with E-state index in [9.17, 15) is 19.5 Å². The van der Waals surface area contributed by atoms with Crippen molar-refractivity contribution in [2.45, 2.75) is 12.8 Å². The largest absolute Gasteiger partial charge is 0.507 e. The number of benzene rings is 2. The van der Waals surface area contributed by atoms with Crippen LogP contribution in [0.1, 0.15) is 49.5 Å². The average molecular weight is 330 g/mol. The number of aliphatic hydroxyl groups excluding tert-OH is 1. The smallest absolute Gasteiger partial charge is 0.197 e. The minimum absolute atomic E-state index is 0.00800. The van der Waals surface area contributed by atoms with Crippen LogP contribution in [0.15, 0.2) is 65.8 Å². The number of ketones is 3. The van der Waals surface area contributed by atoms with E-state index in [1.165, 1.54) is 0 Å². The molecule has 0 amide bonds. The van der Waals surface area contributed by atoms with Crippen molar-refractivity contribution in [3.8, 4) is 0 Å². The predicted octanol–water partition coefficient (Wildman–Crippen LogP) is 3.94. The lowest BCUT2D eigenvalue weighted by Gasteiger charge is -2.00. The second-order valence-electron chi connectivity index (χ2n) is 6.06. The maximum atomic E-state index is 12.4. The van der Waals surface area contributed by atoms with E-state index in [2.05, 4.69) is 0 Å². The van der Waals surface area contributed by atoms with Crippen LogP contribution >= 0.6 is 0 Å². The zero-order valence-corrected chi connectivity index (χ0v) is 13.3. The lowest BCUT2D eigenvalue weighted by molar-refractivity contribution is 0.0986. The van der Waals surface area contributed by atoms with E-state index in [0.717, 1.165) is 0 Å². The fourth-order valence-corrected chi connectivity index (χ4v) is 3.37. The molecule has 0 aliphatic heterocycles. The molecule has 0 aromatic heterocycles. The van der Waals surface area contributed by atoms with Crippen LogP contribution in [0.2, 0.25) is 0 Å². The Kier molecular flexibility index (Phi) is 3.46. The molecule has 2 aromatic rings. The first-order valence-corrected chi connectivity index (χ1v) is 8.04. The standard InChI is InChI=1S/C21H14O4/c22-18-12-6-1-2-7-13(12)19(23)16(18)10-5-11-17-20(24)14-8-3-4-9-15(14)21(17)25/h1-4,6-10,24H,5,11H2. The number of fused-ring (bicyclic) bond motifs is 2. The maximum absolute atomic E-state index is 12.4. The van der Waals surface area contributed by atoms with E-state index in [1.807, 2.05) is 0 Å². The number of carbonyl (C=O) groups is 3. The van der Waals surface area contributed by atoms with Gasteiger partial charge < -0.3 is 5.11 Å². The Labute approximate surface area is 144 Å². The number of hydrogen-bond donors (Lipinski definition) is 1. The Hall–Kier alpha value is -3.27. The van der Waals surface area contributed by atoms with Crippen molar-refractivity contribution in [2.75, 3.05) is 0 Å². The Balaban J connectivity index is 1.55. The molecule has 2 aliphatic carbocycles. The van der Waals surface area contributed by atoms with E-state index >= 15 is 0 Å². The van der Waals surface area contributed by atoms with Crippen molar-refractivity contribution in [3.05, 3.63) is 88.0 Å². The summed E-state index contributed by atoms with van der Waals surface area (Å²) in [4.78, 5) is 37.0. The topological polar surface area (TPSA) is 71.4 Å². The van der Waals surface area contributed by atoms with Crippen molar-refractivity contribution in [1.29, 1.82) is 0 Å². The molecule has 0 fully saturated rings. The van der Waals surface area contributed by atoms with E-state index < -0.39 is 0 Å². The van der Waals surface area contributed by atoms with Gasteiger partial charge in [0, 0.05) is 27.8 Å². The van der Waals surface area contributed by atoms with Gasteiger partial charge >= 0.3 is 0 Å². The molecule has 2 aliphatic rings. The van der Waals surface area contributed by atoms with E-state index in [4.69, 9.17) is 0 Å². The maximum Gasteiger partial charge on any atom is 0.197 e. The van der Waals surface area contributed by atoms with Crippen LogP contribution in [-0.2, 0) is 0 Å². The Morgan fingerprint density at radius 2 is 1.20 bits per heavy atom. The molecule has 2 aromatic carbocycles. The van der Waals surface area contributed by atoms with Crippen molar-refractivity contribution in [1.82, 2.24) is 0 Å². The van der Waals surface area contributed by atoms with Crippen LogP contribution < -0.4 is 0 Å².